The minimum absolute atomic E-state index is 0.0732. The van der Waals surface area contributed by atoms with Crippen LogP contribution in [0.3, 0.4) is 0 Å². The molecule has 0 radical (unpaired) electrons. The van der Waals surface area contributed by atoms with Crippen molar-refractivity contribution in [3.05, 3.63) is 87.9 Å². The quantitative estimate of drug-likeness (QED) is 0.214. The molecule has 0 bridgehead atoms. The Morgan fingerprint density at radius 2 is 1.97 bits per heavy atom. The third-order valence-corrected chi connectivity index (χ3v) is 6.29. The van der Waals surface area contributed by atoms with Crippen LogP contribution in [0.15, 0.2) is 81.2 Å². The van der Waals surface area contributed by atoms with Gasteiger partial charge in [0.2, 0.25) is 11.2 Å². The van der Waals surface area contributed by atoms with Gasteiger partial charge in [-0.25, -0.2) is 4.39 Å². The molecule has 2 aromatic carbocycles. The highest BCUT2D eigenvalue weighted by Gasteiger charge is 2.18. The number of nitrogens with zero attached hydrogens (tertiary/aromatic N) is 3. The zero-order valence-corrected chi connectivity index (χ0v) is 18.8. The summed E-state index contributed by atoms with van der Waals surface area (Å²) in [5.41, 5.74) is 1.17. The van der Waals surface area contributed by atoms with E-state index in [9.17, 15) is 9.18 Å². The molecule has 0 fully saturated rings. The Morgan fingerprint density at radius 3 is 2.85 bits per heavy atom. The van der Waals surface area contributed by atoms with Crippen molar-refractivity contribution in [1.82, 2.24) is 14.6 Å². The molecular weight excluding hydrogens is 465 g/mol. The lowest BCUT2D eigenvalue weighted by Gasteiger charge is -2.11. The molecule has 0 saturated heterocycles. The van der Waals surface area contributed by atoms with E-state index in [1.165, 1.54) is 23.9 Å². The second-order valence-electron chi connectivity index (χ2n) is 7.18. The number of ether oxygens (including phenoxy) is 1. The molecule has 0 aliphatic rings. The lowest BCUT2D eigenvalue weighted by molar-refractivity contribution is 0.310. The van der Waals surface area contributed by atoms with Crippen molar-refractivity contribution in [2.75, 3.05) is 12.4 Å². The summed E-state index contributed by atoms with van der Waals surface area (Å²) in [6, 6.07) is 16.4. The van der Waals surface area contributed by atoms with Gasteiger partial charge >= 0.3 is 0 Å². The Bertz CT molecular complexity index is 1520. The molecule has 166 valence electrons. The molecule has 33 heavy (non-hydrogen) atoms. The maximum absolute atomic E-state index is 13.8. The average molecular weight is 482 g/mol. The summed E-state index contributed by atoms with van der Waals surface area (Å²) in [6.07, 6.45) is 2.49. The summed E-state index contributed by atoms with van der Waals surface area (Å²) in [5.74, 6) is 0.542. The molecule has 0 atom stereocenters. The van der Waals surface area contributed by atoms with E-state index >= 15 is 0 Å². The SMILES string of the molecule is O=c1c(OCCCSc2nnc3c(Cl)cccn23)c(-c2cccc(F)c2)oc2ccccc12. The van der Waals surface area contributed by atoms with E-state index in [1.807, 2.05) is 16.7 Å². The molecule has 0 aliphatic heterocycles. The van der Waals surface area contributed by atoms with Crippen molar-refractivity contribution in [3.8, 4) is 17.1 Å². The van der Waals surface area contributed by atoms with Crippen molar-refractivity contribution >= 4 is 40.0 Å². The second kappa shape index (κ2) is 9.25. The number of benzene rings is 2. The molecule has 3 aromatic heterocycles. The van der Waals surface area contributed by atoms with E-state index in [-0.39, 0.29) is 23.5 Å². The Kier molecular flexibility index (Phi) is 6.02. The maximum Gasteiger partial charge on any atom is 0.235 e. The summed E-state index contributed by atoms with van der Waals surface area (Å²) in [4.78, 5) is 13.1. The highest BCUT2D eigenvalue weighted by atomic mass is 35.5. The Morgan fingerprint density at radius 1 is 1.09 bits per heavy atom. The number of rotatable bonds is 7. The number of hydrogen-bond acceptors (Lipinski definition) is 6. The first-order valence-electron chi connectivity index (χ1n) is 10.2. The molecule has 0 spiro atoms. The molecule has 3 heterocycles. The third-order valence-electron chi connectivity index (χ3n) is 4.97. The number of aromatic nitrogens is 3. The van der Waals surface area contributed by atoms with Gasteiger partial charge in [-0.2, -0.15) is 0 Å². The van der Waals surface area contributed by atoms with Crippen LogP contribution >= 0.6 is 23.4 Å². The number of fused-ring (bicyclic) bond motifs is 2. The normalized spacial score (nSPS) is 11.3. The van der Waals surface area contributed by atoms with Crippen LogP contribution in [0.25, 0.3) is 27.9 Å². The molecule has 9 heteroatoms. The molecule has 5 rings (SSSR count). The van der Waals surface area contributed by atoms with Gasteiger partial charge in [0.15, 0.2) is 16.6 Å². The van der Waals surface area contributed by atoms with Crippen molar-refractivity contribution in [3.63, 3.8) is 0 Å². The second-order valence-corrected chi connectivity index (χ2v) is 8.65. The molecule has 0 N–H and O–H groups in total. The van der Waals surface area contributed by atoms with Crippen molar-refractivity contribution in [1.29, 1.82) is 0 Å². The van der Waals surface area contributed by atoms with Gasteiger partial charge in [-0.3, -0.25) is 9.20 Å². The lowest BCUT2D eigenvalue weighted by Crippen LogP contribution is -2.11. The van der Waals surface area contributed by atoms with Gasteiger partial charge in [0.25, 0.3) is 0 Å². The van der Waals surface area contributed by atoms with Crippen LogP contribution in [0.2, 0.25) is 5.02 Å². The number of hydrogen-bond donors (Lipinski definition) is 0. The summed E-state index contributed by atoms with van der Waals surface area (Å²) in [6.45, 7) is 0.274. The highest BCUT2D eigenvalue weighted by Crippen LogP contribution is 2.31. The molecule has 5 aromatic rings. The van der Waals surface area contributed by atoms with Crippen LogP contribution in [-0.2, 0) is 0 Å². The van der Waals surface area contributed by atoms with Crippen LogP contribution in [0.4, 0.5) is 4.39 Å². The fourth-order valence-corrected chi connectivity index (χ4v) is 4.46. The first-order valence-corrected chi connectivity index (χ1v) is 11.5. The maximum atomic E-state index is 13.8. The Balaban J connectivity index is 1.35. The van der Waals surface area contributed by atoms with E-state index in [1.54, 1.807) is 42.5 Å². The summed E-state index contributed by atoms with van der Waals surface area (Å²) < 4.78 is 27.5. The van der Waals surface area contributed by atoms with Crippen LogP contribution in [0.5, 0.6) is 5.75 Å². The van der Waals surface area contributed by atoms with Crippen molar-refractivity contribution in [2.24, 2.45) is 0 Å². The van der Waals surface area contributed by atoms with Gasteiger partial charge in [-0.1, -0.05) is 47.6 Å². The van der Waals surface area contributed by atoms with Crippen LogP contribution < -0.4 is 10.2 Å². The smallest absolute Gasteiger partial charge is 0.235 e. The Labute approximate surface area is 197 Å². The minimum atomic E-state index is -0.425. The van der Waals surface area contributed by atoms with Gasteiger partial charge in [-0.05, 0) is 42.8 Å². The monoisotopic (exact) mass is 481 g/mol. The first-order chi connectivity index (χ1) is 16.1. The van der Waals surface area contributed by atoms with Crippen molar-refractivity contribution in [2.45, 2.75) is 11.6 Å². The fourth-order valence-electron chi connectivity index (χ4n) is 3.43. The summed E-state index contributed by atoms with van der Waals surface area (Å²) >= 11 is 7.65. The number of pyridine rings is 1. The zero-order chi connectivity index (χ0) is 22.8. The minimum Gasteiger partial charge on any atom is -0.486 e. The zero-order valence-electron chi connectivity index (χ0n) is 17.2. The summed E-state index contributed by atoms with van der Waals surface area (Å²) in [5, 5.41) is 9.94. The number of thioether (sulfide) groups is 1. The molecular formula is C24H17ClFN3O3S. The summed E-state index contributed by atoms with van der Waals surface area (Å²) in [7, 11) is 0. The van der Waals surface area contributed by atoms with E-state index in [4.69, 9.17) is 20.8 Å². The van der Waals surface area contributed by atoms with E-state index < -0.39 is 5.82 Å². The molecule has 0 unspecified atom stereocenters. The first kappa shape index (κ1) is 21.5. The van der Waals surface area contributed by atoms with Crippen LogP contribution in [-0.4, -0.2) is 27.0 Å². The van der Waals surface area contributed by atoms with Crippen molar-refractivity contribution < 1.29 is 13.5 Å². The van der Waals surface area contributed by atoms with E-state index in [0.717, 1.165) is 5.16 Å². The lowest BCUT2D eigenvalue weighted by atomic mass is 10.1. The topological polar surface area (TPSA) is 69.6 Å². The van der Waals surface area contributed by atoms with Crippen LogP contribution in [0.1, 0.15) is 6.42 Å². The predicted molar refractivity (Wildman–Crippen MR) is 127 cm³/mol. The molecule has 6 nitrogen and oxygen atoms in total. The Hall–Kier alpha value is -3.36. The number of para-hydroxylation sites is 1. The van der Waals surface area contributed by atoms with Gasteiger partial charge in [0.05, 0.1) is 17.0 Å². The predicted octanol–water partition coefficient (Wildman–Crippen LogP) is 5.86. The number of halogens is 2. The largest absolute Gasteiger partial charge is 0.486 e. The molecule has 0 amide bonds. The highest BCUT2D eigenvalue weighted by molar-refractivity contribution is 7.99. The molecule has 0 aliphatic carbocycles. The van der Waals surface area contributed by atoms with Gasteiger partial charge in [-0.15, -0.1) is 10.2 Å². The van der Waals surface area contributed by atoms with Gasteiger partial charge in [0.1, 0.15) is 11.4 Å². The van der Waals surface area contributed by atoms with Crippen LogP contribution in [0, 0.1) is 5.82 Å². The third kappa shape index (κ3) is 4.31. The molecule has 0 saturated carbocycles. The fraction of sp³-hybridized carbons (Fsp3) is 0.125. The van der Waals surface area contributed by atoms with Gasteiger partial charge in [0, 0.05) is 17.5 Å². The standard InChI is InChI=1S/C24H17ClFN3O3S/c25-18-9-4-11-29-23(18)27-28-24(29)33-13-5-12-31-22-20(30)17-8-1-2-10-19(17)32-21(22)15-6-3-7-16(26)14-15/h1-4,6-11,14H,5,12-13H2. The van der Waals surface area contributed by atoms with Gasteiger partial charge < -0.3 is 9.15 Å². The average Bonchev–Trinajstić information content (AvgIpc) is 3.24. The van der Waals surface area contributed by atoms with E-state index in [0.29, 0.717) is 39.4 Å². The van der Waals surface area contributed by atoms with E-state index in [2.05, 4.69) is 10.2 Å².